The molecule has 1 heterocycles. The number of hydrogen-bond donors (Lipinski definition) is 4. The van der Waals surface area contributed by atoms with E-state index in [0.29, 0.717) is 18.3 Å². The summed E-state index contributed by atoms with van der Waals surface area (Å²) >= 11 is 0. The van der Waals surface area contributed by atoms with Crippen LogP contribution >= 0.6 is 0 Å². The van der Waals surface area contributed by atoms with Crippen LogP contribution in [0.3, 0.4) is 0 Å². The summed E-state index contributed by atoms with van der Waals surface area (Å²) in [4.78, 5) is 11.9. The van der Waals surface area contributed by atoms with Crippen molar-refractivity contribution in [3.63, 3.8) is 0 Å². The fraction of sp³-hybridized carbons (Fsp3) is 0.464. The highest BCUT2D eigenvalue weighted by atomic mass is 16.6. The lowest BCUT2D eigenvalue weighted by Crippen LogP contribution is -2.26. The summed E-state index contributed by atoms with van der Waals surface area (Å²) in [6.07, 6.45) is 3.82. The Labute approximate surface area is 213 Å². The number of aromatic nitrogens is 1. The van der Waals surface area contributed by atoms with Gasteiger partial charge in [-0.15, -0.1) is 0 Å². The Hall–Kier alpha value is -3.23. The number of likely N-dealkylation sites (N-methyl/N-ethyl adjacent to an activating group) is 1. The van der Waals surface area contributed by atoms with Gasteiger partial charge < -0.3 is 30.4 Å². The van der Waals surface area contributed by atoms with E-state index >= 15 is 0 Å². The second kappa shape index (κ2) is 12.1. The Morgan fingerprint density at radius 3 is 2.56 bits per heavy atom. The van der Waals surface area contributed by atoms with Crippen molar-refractivity contribution in [2.45, 2.75) is 51.7 Å². The molecule has 1 aliphatic rings. The molecule has 2 aromatic carbocycles. The first-order valence-corrected chi connectivity index (χ1v) is 13.0. The van der Waals surface area contributed by atoms with E-state index < -0.39 is 6.09 Å². The van der Waals surface area contributed by atoms with Crippen LogP contribution in [-0.2, 0) is 4.74 Å². The Morgan fingerprint density at radius 2 is 1.89 bits per heavy atom. The lowest BCUT2D eigenvalue weighted by atomic mass is 9.92. The van der Waals surface area contributed by atoms with E-state index in [-0.39, 0.29) is 6.10 Å². The number of nitrogen functional groups attached to an aromatic ring is 1. The SMILES string of the molecule is CNCCNCCCOc1ccc2c(N)c(-c3ccc(NC(=O)OC(C)C)cc3)n(C3CCC3)c2c1. The number of benzene rings is 2. The normalized spacial score (nSPS) is 13.7. The summed E-state index contributed by atoms with van der Waals surface area (Å²) in [7, 11) is 1.96. The van der Waals surface area contributed by atoms with E-state index in [1.54, 1.807) is 0 Å². The van der Waals surface area contributed by atoms with Crippen LogP contribution < -0.4 is 26.4 Å². The van der Waals surface area contributed by atoms with Crippen LogP contribution in [0.4, 0.5) is 16.2 Å². The minimum absolute atomic E-state index is 0.170. The van der Waals surface area contributed by atoms with Gasteiger partial charge in [-0.1, -0.05) is 12.1 Å². The van der Waals surface area contributed by atoms with Gasteiger partial charge in [0.2, 0.25) is 0 Å². The molecule has 3 aromatic rings. The third-order valence-electron chi connectivity index (χ3n) is 6.52. The van der Waals surface area contributed by atoms with Gasteiger partial charge in [-0.25, -0.2) is 4.79 Å². The molecular weight excluding hydrogens is 454 g/mol. The van der Waals surface area contributed by atoms with E-state index in [0.717, 1.165) is 72.5 Å². The van der Waals surface area contributed by atoms with Crippen molar-refractivity contribution in [1.29, 1.82) is 0 Å². The quantitative estimate of drug-likeness (QED) is 0.260. The third kappa shape index (κ3) is 6.12. The number of fused-ring (bicyclic) bond motifs is 1. The molecule has 1 saturated carbocycles. The molecular formula is C28H39N5O3. The molecule has 0 unspecified atom stereocenters. The molecule has 1 aromatic heterocycles. The van der Waals surface area contributed by atoms with Gasteiger partial charge in [-0.2, -0.15) is 0 Å². The predicted molar refractivity (Wildman–Crippen MR) is 147 cm³/mol. The molecule has 194 valence electrons. The Morgan fingerprint density at radius 1 is 1.11 bits per heavy atom. The van der Waals surface area contributed by atoms with Crippen molar-refractivity contribution in [3.05, 3.63) is 42.5 Å². The van der Waals surface area contributed by atoms with Crippen LogP contribution in [0.1, 0.15) is 45.6 Å². The molecule has 8 nitrogen and oxygen atoms in total. The predicted octanol–water partition coefficient (Wildman–Crippen LogP) is 5.15. The summed E-state index contributed by atoms with van der Waals surface area (Å²) in [6, 6.07) is 14.4. The second-order valence-electron chi connectivity index (χ2n) is 9.61. The van der Waals surface area contributed by atoms with Gasteiger partial charge in [0.25, 0.3) is 0 Å². The molecule has 0 spiro atoms. The van der Waals surface area contributed by atoms with Gasteiger partial charge in [0.1, 0.15) is 5.75 Å². The standard InChI is InChI=1S/C28H39N5O3/c1-19(2)36-28(34)32-21-10-8-20(9-11-21)27-26(29)24-13-12-23(35-17-5-14-31-16-15-30-3)18-25(24)33(27)22-6-4-7-22/h8-13,18-19,22,30-31H,4-7,14-17,29H2,1-3H3,(H,32,34). The largest absolute Gasteiger partial charge is 0.493 e. The number of carbonyl (C=O) groups excluding carboxylic acids is 1. The molecule has 0 radical (unpaired) electrons. The van der Waals surface area contributed by atoms with Crippen LogP contribution in [0.25, 0.3) is 22.2 Å². The first-order valence-electron chi connectivity index (χ1n) is 13.0. The molecule has 1 fully saturated rings. The van der Waals surface area contributed by atoms with Crippen molar-refractivity contribution in [3.8, 4) is 17.0 Å². The number of ether oxygens (including phenoxy) is 2. The zero-order chi connectivity index (χ0) is 25.5. The van der Waals surface area contributed by atoms with Gasteiger partial charge >= 0.3 is 6.09 Å². The van der Waals surface area contributed by atoms with Crippen molar-refractivity contribution < 1.29 is 14.3 Å². The molecule has 0 aliphatic heterocycles. The number of nitrogens with one attached hydrogen (secondary N) is 3. The molecule has 4 rings (SSSR count). The van der Waals surface area contributed by atoms with Gasteiger partial charge in [0.05, 0.1) is 29.6 Å². The average molecular weight is 494 g/mol. The summed E-state index contributed by atoms with van der Waals surface area (Å²) in [5.41, 5.74) is 11.3. The number of nitrogens with two attached hydrogens (primary N) is 1. The summed E-state index contributed by atoms with van der Waals surface area (Å²) in [5, 5.41) is 10.3. The molecule has 1 amide bonds. The number of hydrogen-bond acceptors (Lipinski definition) is 6. The third-order valence-corrected chi connectivity index (χ3v) is 6.52. The highest BCUT2D eigenvalue weighted by Crippen LogP contribution is 2.44. The lowest BCUT2D eigenvalue weighted by molar-refractivity contribution is 0.130. The first-order chi connectivity index (χ1) is 17.5. The molecule has 5 N–H and O–H groups in total. The van der Waals surface area contributed by atoms with E-state index in [4.69, 9.17) is 15.2 Å². The zero-order valence-electron chi connectivity index (χ0n) is 21.6. The highest BCUT2D eigenvalue weighted by Gasteiger charge is 2.27. The smallest absolute Gasteiger partial charge is 0.411 e. The van der Waals surface area contributed by atoms with Crippen LogP contribution in [0.2, 0.25) is 0 Å². The van der Waals surface area contributed by atoms with Crippen LogP contribution in [0.5, 0.6) is 5.75 Å². The van der Waals surface area contributed by atoms with Crippen LogP contribution in [0.15, 0.2) is 42.5 Å². The van der Waals surface area contributed by atoms with Gasteiger partial charge in [0.15, 0.2) is 0 Å². The fourth-order valence-electron chi connectivity index (χ4n) is 4.52. The monoisotopic (exact) mass is 493 g/mol. The maximum atomic E-state index is 11.9. The molecule has 8 heteroatoms. The van der Waals surface area contributed by atoms with Gasteiger partial charge in [-0.3, -0.25) is 5.32 Å². The lowest BCUT2D eigenvalue weighted by Gasteiger charge is -2.30. The highest BCUT2D eigenvalue weighted by molar-refractivity contribution is 6.01. The summed E-state index contributed by atoms with van der Waals surface area (Å²) in [5.74, 6) is 0.866. The maximum absolute atomic E-state index is 11.9. The zero-order valence-corrected chi connectivity index (χ0v) is 21.6. The van der Waals surface area contributed by atoms with Crippen molar-refractivity contribution in [2.75, 3.05) is 44.3 Å². The van der Waals surface area contributed by atoms with Crippen molar-refractivity contribution >= 4 is 28.4 Å². The topological polar surface area (TPSA) is 103 Å². The molecule has 1 aliphatic carbocycles. The summed E-state index contributed by atoms with van der Waals surface area (Å²) < 4.78 is 13.6. The molecule has 0 bridgehead atoms. The van der Waals surface area contributed by atoms with Gasteiger partial charge in [0, 0.05) is 41.8 Å². The maximum Gasteiger partial charge on any atom is 0.411 e. The Bertz CT molecular complexity index is 1150. The average Bonchev–Trinajstić information content (AvgIpc) is 3.09. The minimum atomic E-state index is -0.456. The van der Waals surface area contributed by atoms with Crippen molar-refractivity contribution in [2.24, 2.45) is 0 Å². The Balaban J connectivity index is 1.54. The van der Waals surface area contributed by atoms with E-state index in [2.05, 4.69) is 32.7 Å². The number of amides is 1. The number of carbonyl (C=O) groups is 1. The van der Waals surface area contributed by atoms with Crippen LogP contribution in [-0.4, -0.2) is 50.1 Å². The first kappa shape index (κ1) is 25.9. The molecule has 0 saturated heterocycles. The number of anilines is 2. The second-order valence-corrected chi connectivity index (χ2v) is 9.61. The molecule has 36 heavy (non-hydrogen) atoms. The minimum Gasteiger partial charge on any atom is -0.493 e. The van der Waals surface area contributed by atoms with E-state index in [9.17, 15) is 4.79 Å². The molecule has 0 atom stereocenters. The summed E-state index contributed by atoms with van der Waals surface area (Å²) in [6.45, 7) is 7.16. The fourth-order valence-corrected chi connectivity index (χ4v) is 4.52. The van der Waals surface area contributed by atoms with Gasteiger partial charge in [-0.05, 0) is 77.4 Å². The Kier molecular flexibility index (Phi) is 8.72. The van der Waals surface area contributed by atoms with Crippen LogP contribution in [0, 0.1) is 0 Å². The number of nitrogens with zero attached hydrogens (tertiary/aromatic N) is 1. The number of rotatable bonds is 12. The van der Waals surface area contributed by atoms with E-state index in [1.165, 1.54) is 6.42 Å². The van der Waals surface area contributed by atoms with Crippen molar-refractivity contribution in [1.82, 2.24) is 15.2 Å². The van der Waals surface area contributed by atoms with E-state index in [1.807, 2.05) is 51.2 Å².